The molecule has 17 heavy (non-hydrogen) atoms. The lowest BCUT2D eigenvalue weighted by Crippen LogP contribution is -2.30. The molecule has 3 nitrogen and oxygen atoms in total. The van der Waals surface area contributed by atoms with E-state index in [1.54, 1.807) is 0 Å². The second-order valence-electron chi connectivity index (χ2n) is 5.41. The smallest absolute Gasteiger partial charge is 0.319 e. The molecular formula is C14H22N2O. The highest BCUT2D eigenvalue weighted by molar-refractivity contribution is 5.89. The van der Waals surface area contributed by atoms with Gasteiger partial charge in [0.25, 0.3) is 0 Å². The number of nitrogens with one attached hydrogen (secondary N) is 2. The van der Waals surface area contributed by atoms with Crippen molar-refractivity contribution in [2.24, 2.45) is 5.41 Å². The van der Waals surface area contributed by atoms with Crippen LogP contribution in [-0.4, -0.2) is 12.6 Å². The molecule has 0 radical (unpaired) electrons. The molecule has 0 aliphatic heterocycles. The first-order chi connectivity index (χ1) is 7.97. The zero-order valence-electron chi connectivity index (χ0n) is 10.9. The molecular weight excluding hydrogens is 212 g/mol. The van der Waals surface area contributed by atoms with Crippen molar-refractivity contribution in [3.05, 3.63) is 30.3 Å². The zero-order chi connectivity index (χ0) is 12.7. The van der Waals surface area contributed by atoms with Gasteiger partial charge in [0, 0.05) is 12.2 Å². The maximum absolute atomic E-state index is 11.5. The molecule has 0 aromatic heterocycles. The Morgan fingerprint density at radius 1 is 1.18 bits per heavy atom. The molecule has 0 heterocycles. The largest absolute Gasteiger partial charge is 0.338 e. The number of rotatable bonds is 4. The number of urea groups is 1. The number of anilines is 1. The quantitative estimate of drug-likeness (QED) is 0.767. The Morgan fingerprint density at radius 2 is 1.82 bits per heavy atom. The van der Waals surface area contributed by atoms with Crippen LogP contribution in [0.1, 0.15) is 33.6 Å². The van der Waals surface area contributed by atoms with E-state index in [1.807, 2.05) is 30.3 Å². The van der Waals surface area contributed by atoms with Gasteiger partial charge < -0.3 is 10.6 Å². The molecule has 94 valence electrons. The Kier molecular flexibility index (Phi) is 5.01. The van der Waals surface area contributed by atoms with Crippen LogP contribution in [0, 0.1) is 5.41 Å². The van der Waals surface area contributed by atoms with Crippen molar-refractivity contribution in [3.8, 4) is 0 Å². The van der Waals surface area contributed by atoms with Crippen LogP contribution in [0.3, 0.4) is 0 Å². The van der Waals surface area contributed by atoms with Crippen molar-refractivity contribution in [2.75, 3.05) is 11.9 Å². The third-order valence-electron chi connectivity index (χ3n) is 2.42. The van der Waals surface area contributed by atoms with E-state index in [9.17, 15) is 4.79 Å². The average Bonchev–Trinajstić information content (AvgIpc) is 2.25. The topological polar surface area (TPSA) is 41.1 Å². The maximum atomic E-state index is 11.5. The van der Waals surface area contributed by atoms with Crippen LogP contribution in [0.15, 0.2) is 30.3 Å². The Bertz CT molecular complexity index is 341. The van der Waals surface area contributed by atoms with Gasteiger partial charge in [0.1, 0.15) is 0 Å². The molecule has 0 fully saturated rings. The van der Waals surface area contributed by atoms with Gasteiger partial charge in [0.05, 0.1) is 0 Å². The molecule has 0 aliphatic rings. The van der Waals surface area contributed by atoms with Gasteiger partial charge in [-0.05, 0) is 30.4 Å². The molecule has 2 amide bonds. The SMILES string of the molecule is CC(C)(C)CCCNC(=O)Nc1ccccc1. The van der Waals surface area contributed by atoms with Crippen LogP contribution in [0.2, 0.25) is 0 Å². The van der Waals surface area contributed by atoms with Gasteiger partial charge in [-0.25, -0.2) is 4.79 Å². The molecule has 0 saturated heterocycles. The molecule has 0 bridgehead atoms. The summed E-state index contributed by atoms with van der Waals surface area (Å²) >= 11 is 0. The summed E-state index contributed by atoms with van der Waals surface area (Å²) in [5.41, 5.74) is 1.15. The van der Waals surface area contributed by atoms with E-state index in [1.165, 1.54) is 0 Å². The first kappa shape index (κ1) is 13.6. The second-order valence-corrected chi connectivity index (χ2v) is 5.41. The summed E-state index contributed by atoms with van der Waals surface area (Å²) in [4.78, 5) is 11.5. The van der Waals surface area contributed by atoms with Crippen molar-refractivity contribution < 1.29 is 4.79 Å². The monoisotopic (exact) mass is 234 g/mol. The highest BCUT2D eigenvalue weighted by Crippen LogP contribution is 2.19. The molecule has 0 aliphatic carbocycles. The lowest BCUT2D eigenvalue weighted by atomic mass is 9.91. The second kappa shape index (κ2) is 6.28. The number of hydrogen-bond donors (Lipinski definition) is 2. The van der Waals surface area contributed by atoms with Gasteiger partial charge >= 0.3 is 6.03 Å². The Labute approximate surface area is 104 Å². The lowest BCUT2D eigenvalue weighted by molar-refractivity contribution is 0.251. The molecule has 1 aromatic rings. The summed E-state index contributed by atoms with van der Waals surface area (Å²) < 4.78 is 0. The van der Waals surface area contributed by atoms with Gasteiger partial charge in [0.2, 0.25) is 0 Å². The molecule has 0 unspecified atom stereocenters. The van der Waals surface area contributed by atoms with Gasteiger partial charge in [0.15, 0.2) is 0 Å². The molecule has 0 spiro atoms. The zero-order valence-corrected chi connectivity index (χ0v) is 10.9. The third kappa shape index (κ3) is 6.61. The first-order valence-electron chi connectivity index (χ1n) is 6.07. The normalized spacial score (nSPS) is 11.0. The van der Waals surface area contributed by atoms with Crippen LogP contribution in [0.5, 0.6) is 0 Å². The van der Waals surface area contributed by atoms with Crippen LogP contribution in [-0.2, 0) is 0 Å². The Morgan fingerprint density at radius 3 is 2.41 bits per heavy atom. The van der Waals surface area contributed by atoms with Gasteiger partial charge in [-0.15, -0.1) is 0 Å². The fourth-order valence-corrected chi connectivity index (χ4v) is 1.52. The third-order valence-corrected chi connectivity index (χ3v) is 2.42. The van der Waals surface area contributed by atoms with Crippen LogP contribution < -0.4 is 10.6 Å². The van der Waals surface area contributed by atoms with Crippen LogP contribution in [0.25, 0.3) is 0 Å². The first-order valence-corrected chi connectivity index (χ1v) is 6.07. The number of hydrogen-bond acceptors (Lipinski definition) is 1. The predicted octanol–water partition coefficient (Wildman–Crippen LogP) is 3.63. The average molecular weight is 234 g/mol. The summed E-state index contributed by atoms with van der Waals surface area (Å²) in [6, 6.07) is 9.32. The summed E-state index contributed by atoms with van der Waals surface area (Å²) in [5, 5.41) is 5.64. The van der Waals surface area contributed by atoms with Crippen molar-refractivity contribution in [3.63, 3.8) is 0 Å². The summed E-state index contributed by atoms with van der Waals surface area (Å²) in [5.74, 6) is 0. The fourth-order valence-electron chi connectivity index (χ4n) is 1.52. The fraction of sp³-hybridized carbons (Fsp3) is 0.500. The van der Waals surface area contributed by atoms with Crippen molar-refractivity contribution in [1.29, 1.82) is 0 Å². The van der Waals surface area contributed by atoms with Crippen LogP contribution >= 0.6 is 0 Å². The minimum atomic E-state index is -0.134. The van der Waals surface area contributed by atoms with E-state index in [2.05, 4.69) is 31.4 Å². The number of carbonyl (C=O) groups excluding carboxylic acids is 1. The van der Waals surface area contributed by atoms with Gasteiger partial charge in [-0.2, -0.15) is 0 Å². The van der Waals surface area contributed by atoms with E-state index < -0.39 is 0 Å². The standard InChI is InChI=1S/C14H22N2O/c1-14(2,3)10-7-11-15-13(17)16-12-8-5-4-6-9-12/h4-6,8-9H,7,10-11H2,1-3H3,(H2,15,16,17). The number of para-hydroxylation sites is 1. The van der Waals surface area contributed by atoms with Crippen molar-refractivity contribution >= 4 is 11.7 Å². The van der Waals surface area contributed by atoms with Gasteiger partial charge in [-0.3, -0.25) is 0 Å². The molecule has 0 saturated carbocycles. The minimum Gasteiger partial charge on any atom is -0.338 e. The summed E-state index contributed by atoms with van der Waals surface area (Å²) in [6.07, 6.45) is 2.12. The van der Waals surface area contributed by atoms with E-state index in [4.69, 9.17) is 0 Å². The molecule has 3 heteroatoms. The van der Waals surface area contributed by atoms with Gasteiger partial charge in [-0.1, -0.05) is 39.0 Å². The maximum Gasteiger partial charge on any atom is 0.319 e. The highest BCUT2D eigenvalue weighted by atomic mass is 16.2. The summed E-state index contributed by atoms with van der Waals surface area (Å²) in [7, 11) is 0. The molecule has 1 rings (SSSR count). The number of benzene rings is 1. The van der Waals surface area contributed by atoms with E-state index >= 15 is 0 Å². The predicted molar refractivity (Wildman–Crippen MR) is 72.2 cm³/mol. The molecule has 2 N–H and O–H groups in total. The van der Waals surface area contributed by atoms with Crippen molar-refractivity contribution in [1.82, 2.24) is 5.32 Å². The summed E-state index contributed by atoms with van der Waals surface area (Å²) in [6.45, 7) is 7.33. The van der Waals surface area contributed by atoms with E-state index in [-0.39, 0.29) is 6.03 Å². The molecule has 0 atom stereocenters. The molecule has 1 aromatic carbocycles. The van der Waals surface area contributed by atoms with Crippen LogP contribution in [0.4, 0.5) is 10.5 Å². The lowest BCUT2D eigenvalue weighted by Gasteiger charge is -2.17. The number of carbonyl (C=O) groups is 1. The minimum absolute atomic E-state index is 0.134. The Hall–Kier alpha value is -1.51. The number of amides is 2. The van der Waals surface area contributed by atoms with E-state index in [0.29, 0.717) is 5.41 Å². The highest BCUT2D eigenvalue weighted by Gasteiger charge is 2.09. The van der Waals surface area contributed by atoms with Crippen molar-refractivity contribution in [2.45, 2.75) is 33.6 Å². The van der Waals surface area contributed by atoms with E-state index in [0.717, 1.165) is 25.1 Å². The Balaban J connectivity index is 2.18.